The van der Waals surface area contributed by atoms with Gasteiger partial charge in [-0.3, -0.25) is 0 Å². The molecule has 0 saturated heterocycles. The molecule has 0 atom stereocenters. The molecule has 110 valence electrons. The lowest BCUT2D eigenvalue weighted by Gasteiger charge is -2.19. The quantitative estimate of drug-likeness (QED) is 0.630. The highest BCUT2D eigenvalue weighted by atomic mass is 15.1. The van der Waals surface area contributed by atoms with E-state index in [1.54, 1.807) is 42.7 Å². The molecule has 0 heterocycles. The molecule has 0 fully saturated rings. The molecule has 0 aliphatic heterocycles. The van der Waals surface area contributed by atoms with Crippen molar-refractivity contribution in [2.45, 2.75) is 0 Å². The maximum absolute atomic E-state index is 9.46. The summed E-state index contributed by atoms with van der Waals surface area (Å²) in [7, 11) is 0. The summed E-state index contributed by atoms with van der Waals surface area (Å²) in [5.74, 6) is 0. The SMILES string of the molecule is N#Cc1c(N(C#N)C#N)ccc(N(C#N)c2ccccc2)c1C#N. The Balaban J connectivity index is 2.73. The lowest BCUT2D eigenvalue weighted by Crippen LogP contribution is -2.14. The van der Waals surface area contributed by atoms with E-state index < -0.39 is 0 Å². The molecule has 2 rings (SSSR count). The Labute approximate surface area is 138 Å². The van der Waals surface area contributed by atoms with Gasteiger partial charge in [-0.05, 0) is 24.3 Å². The average Bonchev–Trinajstić information content (AvgIpc) is 2.64. The van der Waals surface area contributed by atoms with Crippen LogP contribution in [0.4, 0.5) is 17.1 Å². The van der Waals surface area contributed by atoms with Crippen molar-refractivity contribution in [2.24, 2.45) is 0 Å². The standard InChI is InChI=1S/C17H7N7/c18-8-14-15(9-19)17(7-6-16(14)23(10-20)11-21)24(12-22)13-4-2-1-3-5-13/h1-7H. The minimum atomic E-state index is -0.144. The molecule has 0 bridgehead atoms. The third-order valence-corrected chi connectivity index (χ3v) is 3.18. The maximum atomic E-state index is 9.46. The van der Waals surface area contributed by atoms with Crippen LogP contribution in [-0.4, -0.2) is 0 Å². The van der Waals surface area contributed by atoms with Crippen molar-refractivity contribution in [3.8, 4) is 30.7 Å². The van der Waals surface area contributed by atoms with Crippen LogP contribution in [0, 0.1) is 57.0 Å². The van der Waals surface area contributed by atoms with Gasteiger partial charge in [0.1, 0.15) is 12.1 Å². The molecule has 0 N–H and O–H groups in total. The van der Waals surface area contributed by atoms with E-state index in [4.69, 9.17) is 10.5 Å². The van der Waals surface area contributed by atoms with Gasteiger partial charge in [-0.2, -0.15) is 31.2 Å². The Morgan fingerprint density at radius 3 is 1.67 bits per heavy atom. The van der Waals surface area contributed by atoms with Gasteiger partial charge in [0, 0.05) is 0 Å². The normalized spacial score (nSPS) is 8.62. The van der Waals surface area contributed by atoms with Crippen molar-refractivity contribution in [1.29, 1.82) is 26.3 Å². The highest BCUT2D eigenvalue weighted by molar-refractivity contribution is 5.81. The first-order valence-electron chi connectivity index (χ1n) is 6.53. The van der Waals surface area contributed by atoms with E-state index in [9.17, 15) is 15.8 Å². The van der Waals surface area contributed by atoms with Crippen LogP contribution in [0.1, 0.15) is 11.1 Å². The van der Waals surface area contributed by atoms with E-state index in [0.29, 0.717) is 10.6 Å². The van der Waals surface area contributed by atoms with Crippen molar-refractivity contribution >= 4 is 17.1 Å². The smallest absolute Gasteiger partial charge is 0.198 e. The molecule has 7 nitrogen and oxygen atoms in total. The van der Waals surface area contributed by atoms with Gasteiger partial charge >= 0.3 is 0 Å². The van der Waals surface area contributed by atoms with Crippen LogP contribution in [0.3, 0.4) is 0 Å². The summed E-state index contributed by atoms with van der Waals surface area (Å²) in [5, 5.41) is 46.2. The van der Waals surface area contributed by atoms with Crippen LogP contribution < -0.4 is 9.80 Å². The zero-order valence-electron chi connectivity index (χ0n) is 12.2. The number of rotatable bonds is 3. The largest absolute Gasteiger partial charge is 0.246 e. The highest BCUT2D eigenvalue weighted by Crippen LogP contribution is 2.34. The maximum Gasteiger partial charge on any atom is 0.198 e. The van der Waals surface area contributed by atoms with Crippen LogP contribution >= 0.6 is 0 Å². The van der Waals surface area contributed by atoms with E-state index >= 15 is 0 Å². The summed E-state index contributed by atoms with van der Waals surface area (Å²) in [5.41, 5.74) is 0.479. The summed E-state index contributed by atoms with van der Waals surface area (Å²) < 4.78 is 0. The fourth-order valence-corrected chi connectivity index (χ4v) is 2.14. The van der Waals surface area contributed by atoms with Gasteiger partial charge in [-0.25, -0.2) is 4.90 Å². The number of para-hydroxylation sites is 1. The van der Waals surface area contributed by atoms with E-state index in [1.807, 2.05) is 18.3 Å². The minimum absolute atomic E-state index is 0.00579. The first kappa shape index (κ1) is 15.9. The number of nitriles is 5. The third kappa shape index (κ3) is 2.63. The molecule has 0 amide bonds. The number of nitrogens with zero attached hydrogens (tertiary/aromatic N) is 7. The second-order valence-electron chi connectivity index (χ2n) is 4.38. The van der Waals surface area contributed by atoms with E-state index in [-0.39, 0.29) is 22.5 Å². The Morgan fingerprint density at radius 1 is 0.625 bits per heavy atom. The van der Waals surface area contributed by atoms with Gasteiger partial charge in [0.15, 0.2) is 18.6 Å². The molecule has 0 saturated carbocycles. The van der Waals surface area contributed by atoms with Crippen LogP contribution in [0.25, 0.3) is 0 Å². The second kappa shape index (κ2) is 6.97. The van der Waals surface area contributed by atoms with E-state index in [0.717, 1.165) is 0 Å². The summed E-state index contributed by atoms with van der Waals surface area (Å²) in [6.45, 7) is 0. The van der Waals surface area contributed by atoms with Gasteiger partial charge in [0.25, 0.3) is 0 Å². The topological polar surface area (TPSA) is 125 Å². The molecule has 0 aliphatic rings. The molecular formula is C17H7N7. The molecule has 2 aromatic rings. The Hall–Kier alpha value is -4.51. The van der Waals surface area contributed by atoms with E-state index in [1.165, 1.54) is 17.0 Å². The van der Waals surface area contributed by atoms with Crippen LogP contribution in [0.15, 0.2) is 42.5 Å². The van der Waals surface area contributed by atoms with Gasteiger partial charge in [0.2, 0.25) is 0 Å². The van der Waals surface area contributed by atoms with Crippen molar-refractivity contribution in [1.82, 2.24) is 0 Å². The molecule has 0 aliphatic carbocycles. The second-order valence-corrected chi connectivity index (χ2v) is 4.38. The van der Waals surface area contributed by atoms with Gasteiger partial charge in [0.05, 0.1) is 28.2 Å². The zero-order valence-corrected chi connectivity index (χ0v) is 12.2. The third-order valence-electron chi connectivity index (χ3n) is 3.18. The zero-order chi connectivity index (χ0) is 17.5. The number of hydrogen-bond acceptors (Lipinski definition) is 7. The summed E-state index contributed by atoms with van der Waals surface area (Å²) >= 11 is 0. The van der Waals surface area contributed by atoms with Crippen molar-refractivity contribution in [3.05, 3.63) is 53.6 Å². The Kier molecular flexibility index (Phi) is 4.61. The van der Waals surface area contributed by atoms with Gasteiger partial charge < -0.3 is 0 Å². The first-order valence-corrected chi connectivity index (χ1v) is 6.53. The van der Waals surface area contributed by atoms with Gasteiger partial charge in [-0.1, -0.05) is 18.2 Å². The van der Waals surface area contributed by atoms with Gasteiger partial charge in [-0.15, -0.1) is 0 Å². The molecule has 2 aromatic carbocycles. The van der Waals surface area contributed by atoms with Crippen molar-refractivity contribution < 1.29 is 0 Å². The van der Waals surface area contributed by atoms with Crippen molar-refractivity contribution in [2.75, 3.05) is 9.80 Å². The molecule has 0 spiro atoms. The molecule has 24 heavy (non-hydrogen) atoms. The fraction of sp³-hybridized carbons (Fsp3) is 0. The van der Waals surface area contributed by atoms with Crippen LogP contribution in [-0.2, 0) is 0 Å². The minimum Gasteiger partial charge on any atom is -0.246 e. The molecule has 0 aromatic heterocycles. The lowest BCUT2D eigenvalue weighted by molar-refractivity contribution is 1.22. The summed E-state index contributed by atoms with van der Waals surface area (Å²) in [4.78, 5) is 1.83. The summed E-state index contributed by atoms with van der Waals surface area (Å²) in [6, 6.07) is 15.1. The fourth-order valence-electron chi connectivity index (χ4n) is 2.14. The first-order chi connectivity index (χ1) is 11.7. The molecule has 0 unspecified atom stereocenters. The monoisotopic (exact) mass is 309 g/mol. The lowest BCUT2D eigenvalue weighted by atomic mass is 10.0. The predicted molar refractivity (Wildman–Crippen MR) is 83.8 cm³/mol. The van der Waals surface area contributed by atoms with Crippen molar-refractivity contribution in [3.63, 3.8) is 0 Å². The van der Waals surface area contributed by atoms with E-state index in [2.05, 4.69) is 0 Å². The summed E-state index contributed by atoms with van der Waals surface area (Å²) in [6.07, 6.45) is 5.21. The Morgan fingerprint density at radius 2 is 1.17 bits per heavy atom. The molecule has 7 heteroatoms. The highest BCUT2D eigenvalue weighted by Gasteiger charge is 2.22. The van der Waals surface area contributed by atoms with Crippen LogP contribution in [0.5, 0.6) is 0 Å². The average molecular weight is 309 g/mol. The molecule has 0 radical (unpaired) electrons. The number of benzene rings is 2. The predicted octanol–water partition coefficient (Wildman–Crippen LogP) is 2.82. The van der Waals surface area contributed by atoms with Crippen LogP contribution in [0.2, 0.25) is 0 Å². The molecular weight excluding hydrogens is 302 g/mol. The number of anilines is 3. The number of hydrogen-bond donors (Lipinski definition) is 0. The Bertz CT molecular complexity index is 962.